The van der Waals surface area contributed by atoms with Gasteiger partial charge in [-0.05, 0) is 30.5 Å². The van der Waals surface area contributed by atoms with Gasteiger partial charge in [0.2, 0.25) is 0 Å². The monoisotopic (exact) mass is 407 g/mol. The van der Waals surface area contributed by atoms with Crippen LogP contribution in [0.5, 0.6) is 0 Å². The number of nitrogens with one attached hydrogen (secondary N) is 2. The lowest BCUT2D eigenvalue weighted by molar-refractivity contribution is 0.0169. The van der Waals surface area contributed by atoms with E-state index in [9.17, 15) is 14.0 Å². The smallest absolute Gasteiger partial charge is 0.282 e. The fourth-order valence-electron chi connectivity index (χ4n) is 2.65. The Kier molecular flexibility index (Phi) is 6.02. The number of benzene rings is 1. The Balaban J connectivity index is 2.12. The summed E-state index contributed by atoms with van der Waals surface area (Å²) < 4.78 is 21.0. The van der Waals surface area contributed by atoms with E-state index in [-0.39, 0.29) is 41.3 Å². The Morgan fingerprint density at radius 2 is 2.18 bits per heavy atom. The summed E-state index contributed by atoms with van der Waals surface area (Å²) >= 11 is 1.39. The maximum atomic E-state index is 14.5. The molecule has 0 aliphatic carbocycles. The Morgan fingerprint density at radius 3 is 2.86 bits per heavy atom. The Morgan fingerprint density at radius 1 is 1.39 bits per heavy atom. The topological polar surface area (TPSA) is 106 Å². The van der Waals surface area contributed by atoms with Crippen molar-refractivity contribution in [2.45, 2.75) is 4.90 Å². The summed E-state index contributed by atoms with van der Waals surface area (Å²) in [4.78, 5) is 30.9. The molecule has 0 aliphatic rings. The van der Waals surface area contributed by atoms with Gasteiger partial charge in [0.1, 0.15) is 17.2 Å². The summed E-state index contributed by atoms with van der Waals surface area (Å²) in [5.41, 5.74) is 1.85. The molecule has 0 saturated heterocycles. The summed E-state index contributed by atoms with van der Waals surface area (Å²) in [6.45, 7) is -0.409. The van der Waals surface area contributed by atoms with Gasteiger partial charge in [-0.3, -0.25) is 19.0 Å². The van der Waals surface area contributed by atoms with E-state index in [0.29, 0.717) is 0 Å². The molecule has 28 heavy (non-hydrogen) atoms. The normalized spacial score (nSPS) is 11.0. The van der Waals surface area contributed by atoms with Crippen LogP contribution in [0.2, 0.25) is 0 Å². The van der Waals surface area contributed by atoms with Crippen LogP contribution in [-0.2, 0) is 11.9 Å². The fourth-order valence-corrected chi connectivity index (χ4v) is 3.08. The third-order valence-electron chi connectivity index (χ3n) is 4.01. The number of pyridine rings is 1. The quantitative estimate of drug-likeness (QED) is 0.314. The molecule has 0 spiro atoms. The third kappa shape index (κ3) is 3.75. The number of fused-ring (bicyclic) bond motifs is 1. The number of aliphatic hydroxyl groups excluding tert-OH is 1. The van der Waals surface area contributed by atoms with E-state index in [1.807, 2.05) is 6.26 Å². The predicted molar refractivity (Wildman–Crippen MR) is 103 cm³/mol. The molecule has 3 rings (SSSR count). The molecule has 0 atom stereocenters. The lowest BCUT2D eigenvalue weighted by atomic mass is 10.1. The number of carbonyl (C=O) groups excluding carboxylic acids is 1. The third-order valence-corrected chi connectivity index (χ3v) is 4.74. The summed E-state index contributed by atoms with van der Waals surface area (Å²) in [6, 6.07) is 6.02. The van der Waals surface area contributed by atoms with Gasteiger partial charge in [-0.25, -0.2) is 9.87 Å². The van der Waals surface area contributed by atoms with Crippen LogP contribution in [0.3, 0.4) is 0 Å². The first kappa shape index (κ1) is 19.9. The summed E-state index contributed by atoms with van der Waals surface area (Å²) in [7, 11) is 1.45. The summed E-state index contributed by atoms with van der Waals surface area (Å²) in [6.07, 6.45) is 3.11. The van der Waals surface area contributed by atoms with Crippen molar-refractivity contribution in [3.63, 3.8) is 0 Å². The molecule has 8 nitrogen and oxygen atoms in total. The number of amides is 1. The van der Waals surface area contributed by atoms with E-state index in [0.717, 1.165) is 4.90 Å². The molecule has 0 radical (unpaired) electrons. The molecule has 3 aromatic rings. The Labute approximate surface area is 163 Å². The highest BCUT2D eigenvalue weighted by atomic mass is 32.2. The lowest BCUT2D eigenvalue weighted by Gasteiger charge is -2.17. The fraction of sp³-hybridized carbons (Fsp3) is 0.222. The Hall–Kier alpha value is -2.82. The van der Waals surface area contributed by atoms with E-state index < -0.39 is 17.3 Å². The molecule has 2 heterocycles. The van der Waals surface area contributed by atoms with Gasteiger partial charge in [-0.2, -0.15) is 0 Å². The van der Waals surface area contributed by atoms with E-state index in [1.54, 1.807) is 6.07 Å². The van der Waals surface area contributed by atoms with Crippen LogP contribution in [-0.4, -0.2) is 35.1 Å². The van der Waals surface area contributed by atoms with Crippen molar-refractivity contribution in [2.75, 3.05) is 24.8 Å². The molecule has 0 fully saturated rings. The zero-order valence-corrected chi connectivity index (χ0v) is 15.9. The van der Waals surface area contributed by atoms with Gasteiger partial charge in [0, 0.05) is 11.9 Å². The van der Waals surface area contributed by atoms with E-state index >= 15 is 0 Å². The van der Waals surface area contributed by atoms with Crippen molar-refractivity contribution in [3.8, 4) is 0 Å². The maximum Gasteiger partial charge on any atom is 0.282 e. The summed E-state index contributed by atoms with van der Waals surface area (Å²) in [5, 5.41) is 11.8. The van der Waals surface area contributed by atoms with Gasteiger partial charge in [0.15, 0.2) is 5.58 Å². The molecule has 0 bridgehead atoms. The van der Waals surface area contributed by atoms with Gasteiger partial charge in [0.25, 0.3) is 11.5 Å². The van der Waals surface area contributed by atoms with E-state index in [4.69, 9.17) is 14.4 Å². The second kappa shape index (κ2) is 8.46. The van der Waals surface area contributed by atoms with Crippen LogP contribution in [0.1, 0.15) is 10.4 Å². The second-order valence-electron chi connectivity index (χ2n) is 5.73. The molecule has 3 N–H and O–H groups in total. The van der Waals surface area contributed by atoms with Crippen LogP contribution >= 0.6 is 11.8 Å². The van der Waals surface area contributed by atoms with Gasteiger partial charge in [-0.15, -0.1) is 11.8 Å². The molecular formula is C18H18FN3O5S. The molecule has 10 heteroatoms. The standard InChI is InChI=1S/C18H18FN3O5S/c1-22-16(20-13-4-3-10(28-2)9-12(13)19)14(17(24)21-27-8-6-23)15-11(18(22)25)5-7-26-15/h3-5,7,9,20,23H,6,8H2,1-2H3,(H,21,24). The highest BCUT2D eigenvalue weighted by Gasteiger charge is 2.24. The number of hydrogen-bond acceptors (Lipinski definition) is 7. The molecule has 1 aromatic carbocycles. The first-order valence-electron chi connectivity index (χ1n) is 8.21. The first-order valence-corrected chi connectivity index (χ1v) is 9.44. The summed E-state index contributed by atoms with van der Waals surface area (Å²) in [5.74, 6) is -1.22. The molecule has 0 saturated carbocycles. The highest BCUT2D eigenvalue weighted by molar-refractivity contribution is 7.98. The number of thioether (sulfide) groups is 1. The van der Waals surface area contributed by atoms with Crippen molar-refractivity contribution >= 4 is 40.1 Å². The van der Waals surface area contributed by atoms with Crippen LogP contribution in [0.4, 0.5) is 15.9 Å². The number of hydrogen-bond donors (Lipinski definition) is 3. The average molecular weight is 407 g/mol. The Bertz CT molecular complexity index is 1080. The average Bonchev–Trinajstić information content (AvgIpc) is 3.17. The molecule has 1 amide bonds. The number of aromatic nitrogens is 1. The SMILES string of the molecule is CSc1ccc(Nc2c(C(=O)NOCCO)c3occc3c(=O)n2C)c(F)c1. The van der Waals surface area contributed by atoms with Crippen LogP contribution in [0, 0.1) is 5.82 Å². The van der Waals surface area contributed by atoms with Gasteiger partial charge >= 0.3 is 0 Å². The molecular weight excluding hydrogens is 389 g/mol. The molecule has 148 valence electrons. The minimum atomic E-state index is -0.715. The van der Waals surface area contributed by atoms with Crippen molar-refractivity contribution in [3.05, 3.63) is 52.3 Å². The molecule has 0 unspecified atom stereocenters. The number of aliphatic hydroxyl groups is 1. The van der Waals surface area contributed by atoms with Gasteiger partial charge < -0.3 is 14.8 Å². The number of anilines is 2. The second-order valence-corrected chi connectivity index (χ2v) is 6.60. The van der Waals surface area contributed by atoms with Gasteiger partial charge in [0.05, 0.1) is 30.6 Å². The molecule has 2 aromatic heterocycles. The van der Waals surface area contributed by atoms with E-state index in [2.05, 4.69) is 10.8 Å². The lowest BCUT2D eigenvalue weighted by Crippen LogP contribution is -2.29. The highest BCUT2D eigenvalue weighted by Crippen LogP contribution is 2.29. The van der Waals surface area contributed by atoms with Crippen molar-refractivity contribution in [1.82, 2.24) is 10.0 Å². The van der Waals surface area contributed by atoms with Crippen LogP contribution in [0.15, 0.2) is 44.6 Å². The largest absolute Gasteiger partial charge is 0.463 e. The minimum absolute atomic E-state index is 0.0339. The first-order chi connectivity index (χ1) is 13.5. The number of furan rings is 1. The van der Waals surface area contributed by atoms with Crippen molar-refractivity contribution in [1.29, 1.82) is 0 Å². The maximum absolute atomic E-state index is 14.5. The number of rotatable bonds is 7. The zero-order chi connectivity index (χ0) is 20.3. The number of halogens is 1. The number of hydroxylamine groups is 1. The van der Waals surface area contributed by atoms with Crippen LogP contribution in [0.25, 0.3) is 11.0 Å². The number of carbonyl (C=O) groups is 1. The minimum Gasteiger partial charge on any atom is -0.463 e. The van der Waals surface area contributed by atoms with Crippen LogP contribution < -0.4 is 16.4 Å². The zero-order valence-electron chi connectivity index (χ0n) is 15.1. The number of nitrogens with zero attached hydrogens (tertiary/aromatic N) is 1. The van der Waals surface area contributed by atoms with Gasteiger partial charge in [-0.1, -0.05) is 0 Å². The van der Waals surface area contributed by atoms with Crippen molar-refractivity contribution < 1.29 is 23.5 Å². The molecule has 0 aliphatic heterocycles. The van der Waals surface area contributed by atoms with E-state index in [1.165, 1.54) is 47.8 Å². The van der Waals surface area contributed by atoms with Crippen molar-refractivity contribution in [2.24, 2.45) is 7.05 Å². The predicted octanol–water partition coefficient (Wildman–Crippen LogP) is 2.39.